The van der Waals surface area contributed by atoms with Crippen molar-refractivity contribution in [2.24, 2.45) is 0 Å². The Morgan fingerprint density at radius 2 is 2.38 bits per heavy atom. The predicted octanol–water partition coefficient (Wildman–Crippen LogP) is 0.839. The van der Waals surface area contributed by atoms with E-state index in [0.29, 0.717) is 5.76 Å². The van der Waals surface area contributed by atoms with Gasteiger partial charge in [-0.15, -0.1) is 0 Å². The number of ether oxygens (including phenoxy) is 1. The van der Waals surface area contributed by atoms with Crippen LogP contribution in [-0.2, 0) is 16.1 Å². The highest BCUT2D eigenvalue weighted by molar-refractivity contribution is 5.75. The molecule has 0 aromatic carbocycles. The molecule has 1 aromatic rings. The molecule has 7 nitrogen and oxygen atoms in total. The van der Waals surface area contributed by atoms with Crippen LogP contribution in [0.5, 0.6) is 0 Å². The van der Waals surface area contributed by atoms with Crippen LogP contribution in [0.4, 0.5) is 5.88 Å². The van der Waals surface area contributed by atoms with Gasteiger partial charge < -0.3 is 9.15 Å². The second-order valence-corrected chi connectivity index (χ2v) is 3.12. The number of rotatable bonds is 5. The van der Waals surface area contributed by atoms with Gasteiger partial charge in [0, 0.05) is 0 Å². The molecule has 1 rings (SSSR count). The highest BCUT2D eigenvalue weighted by Gasteiger charge is 2.15. The zero-order valence-electron chi connectivity index (χ0n) is 8.93. The van der Waals surface area contributed by atoms with Crippen molar-refractivity contribution in [3.63, 3.8) is 0 Å². The number of nitro groups is 1. The van der Waals surface area contributed by atoms with Crippen molar-refractivity contribution in [1.29, 1.82) is 0 Å². The number of hydrogen-bond acceptors (Lipinski definition) is 6. The summed E-state index contributed by atoms with van der Waals surface area (Å²) in [5, 5.41) is 13.1. The summed E-state index contributed by atoms with van der Waals surface area (Å²) in [5.41, 5.74) is 0. The molecule has 0 radical (unpaired) electrons. The lowest BCUT2D eigenvalue weighted by atomic mass is 10.3. The van der Waals surface area contributed by atoms with Crippen LogP contribution in [0.15, 0.2) is 16.5 Å². The van der Waals surface area contributed by atoms with Gasteiger partial charge in [0.2, 0.25) is 0 Å². The van der Waals surface area contributed by atoms with Crippen molar-refractivity contribution in [3.8, 4) is 0 Å². The van der Waals surface area contributed by atoms with E-state index in [1.54, 1.807) is 6.92 Å². The molecular formula is C9H12N2O5. The normalized spacial score (nSPS) is 12.1. The summed E-state index contributed by atoms with van der Waals surface area (Å²) < 4.78 is 9.40. The predicted molar refractivity (Wildman–Crippen MR) is 53.7 cm³/mol. The number of esters is 1. The van der Waals surface area contributed by atoms with Crippen LogP contribution in [-0.4, -0.2) is 24.0 Å². The van der Waals surface area contributed by atoms with E-state index < -0.39 is 16.9 Å². The third-order valence-electron chi connectivity index (χ3n) is 1.96. The molecule has 1 N–H and O–H groups in total. The molecule has 7 heteroatoms. The Balaban J connectivity index is 2.48. The number of carbonyl (C=O) groups is 1. The van der Waals surface area contributed by atoms with E-state index in [2.05, 4.69) is 10.1 Å². The van der Waals surface area contributed by atoms with E-state index in [-0.39, 0.29) is 12.4 Å². The molecule has 1 aromatic heterocycles. The molecule has 0 aliphatic rings. The molecule has 0 aliphatic heterocycles. The third kappa shape index (κ3) is 3.06. The highest BCUT2D eigenvalue weighted by Crippen LogP contribution is 2.15. The Morgan fingerprint density at radius 3 is 2.88 bits per heavy atom. The standard InChI is InChI=1S/C9H12N2O5/c1-6(9(12)15-2)10-5-7-3-4-8(16-7)11(13)14/h3-4,6,10H,5H2,1-2H3. The first-order chi connectivity index (χ1) is 7.54. The quantitative estimate of drug-likeness (QED) is 0.456. The average Bonchev–Trinajstić information content (AvgIpc) is 2.73. The van der Waals surface area contributed by atoms with Crippen LogP contribution in [0.2, 0.25) is 0 Å². The summed E-state index contributed by atoms with van der Waals surface area (Å²) in [7, 11) is 1.29. The van der Waals surface area contributed by atoms with Crippen LogP contribution in [0.1, 0.15) is 12.7 Å². The fourth-order valence-corrected chi connectivity index (χ4v) is 1.07. The van der Waals surface area contributed by atoms with Crippen molar-refractivity contribution in [2.75, 3.05) is 7.11 Å². The van der Waals surface area contributed by atoms with E-state index in [1.165, 1.54) is 19.2 Å². The number of furan rings is 1. The van der Waals surface area contributed by atoms with Crippen LogP contribution in [0.25, 0.3) is 0 Å². The fraction of sp³-hybridized carbons (Fsp3) is 0.444. The second-order valence-electron chi connectivity index (χ2n) is 3.12. The molecular weight excluding hydrogens is 216 g/mol. The minimum absolute atomic E-state index is 0.226. The van der Waals surface area contributed by atoms with Gasteiger partial charge in [0.1, 0.15) is 16.7 Å². The van der Waals surface area contributed by atoms with E-state index in [1.807, 2.05) is 0 Å². The minimum atomic E-state index is -0.618. The number of nitrogens with zero attached hydrogens (tertiary/aromatic N) is 1. The van der Waals surface area contributed by atoms with Crippen molar-refractivity contribution >= 4 is 11.9 Å². The topological polar surface area (TPSA) is 94.6 Å². The Bertz CT molecular complexity index is 387. The molecule has 1 unspecified atom stereocenters. The summed E-state index contributed by atoms with van der Waals surface area (Å²) in [6.07, 6.45) is 0. The maximum absolute atomic E-state index is 11.0. The van der Waals surface area contributed by atoms with Crippen LogP contribution in [0, 0.1) is 10.1 Å². The molecule has 1 heterocycles. The van der Waals surface area contributed by atoms with Gasteiger partial charge in [0.25, 0.3) is 0 Å². The molecule has 0 amide bonds. The summed E-state index contributed by atoms with van der Waals surface area (Å²) in [6.45, 7) is 1.85. The first-order valence-corrected chi connectivity index (χ1v) is 4.59. The van der Waals surface area contributed by atoms with Gasteiger partial charge in [0.15, 0.2) is 0 Å². The lowest BCUT2D eigenvalue weighted by Crippen LogP contribution is -2.34. The van der Waals surface area contributed by atoms with E-state index >= 15 is 0 Å². The molecule has 1 atom stereocenters. The Morgan fingerprint density at radius 1 is 1.69 bits per heavy atom. The Hall–Kier alpha value is -1.89. The molecule has 16 heavy (non-hydrogen) atoms. The third-order valence-corrected chi connectivity index (χ3v) is 1.96. The molecule has 0 bridgehead atoms. The van der Waals surface area contributed by atoms with Crippen molar-refractivity contribution in [1.82, 2.24) is 5.32 Å². The van der Waals surface area contributed by atoms with Gasteiger partial charge in [-0.05, 0) is 13.0 Å². The maximum atomic E-state index is 11.0. The molecule has 0 saturated carbocycles. The second kappa shape index (κ2) is 5.26. The number of carbonyl (C=O) groups excluding carboxylic acids is 1. The number of nitrogens with one attached hydrogen (secondary N) is 1. The van der Waals surface area contributed by atoms with E-state index in [9.17, 15) is 14.9 Å². The van der Waals surface area contributed by atoms with Crippen LogP contribution < -0.4 is 5.32 Å². The summed E-state index contributed by atoms with van der Waals surface area (Å²) in [6, 6.07) is 2.25. The van der Waals surface area contributed by atoms with Gasteiger partial charge >= 0.3 is 11.9 Å². The largest absolute Gasteiger partial charge is 0.468 e. The summed E-state index contributed by atoms with van der Waals surface area (Å²) >= 11 is 0. The molecule has 0 spiro atoms. The van der Waals surface area contributed by atoms with Crippen molar-refractivity contribution in [2.45, 2.75) is 19.5 Å². The first-order valence-electron chi connectivity index (χ1n) is 4.59. The zero-order chi connectivity index (χ0) is 12.1. The van der Waals surface area contributed by atoms with Gasteiger partial charge in [-0.3, -0.25) is 20.2 Å². The highest BCUT2D eigenvalue weighted by atomic mass is 16.6. The molecule has 0 saturated heterocycles. The van der Waals surface area contributed by atoms with Gasteiger partial charge in [-0.2, -0.15) is 0 Å². The molecule has 0 fully saturated rings. The molecule has 0 aliphatic carbocycles. The first kappa shape index (κ1) is 12.2. The minimum Gasteiger partial charge on any atom is -0.468 e. The van der Waals surface area contributed by atoms with Gasteiger partial charge in [-0.1, -0.05) is 0 Å². The zero-order valence-corrected chi connectivity index (χ0v) is 8.93. The van der Waals surface area contributed by atoms with Crippen LogP contribution in [0.3, 0.4) is 0 Å². The Kier molecular flexibility index (Phi) is 4.01. The number of hydrogen-bond donors (Lipinski definition) is 1. The molecule has 88 valence electrons. The maximum Gasteiger partial charge on any atom is 0.433 e. The Labute approximate surface area is 91.5 Å². The van der Waals surface area contributed by atoms with Crippen molar-refractivity contribution < 1.29 is 18.9 Å². The SMILES string of the molecule is COC(=O)C(C)NCc1ccc([N+](=O)[O-])o1. The monoisotopic (exact) mass is 228 g/mol. The van der Waals surface area contributed by atoms with E-state index in [4.69, 9.17) is 4.42 Å². The van der Waals surface area contributed by atoms with Gasteiger partial charge in [0.05, 0.1) is 19.7 Å². The van der Waals surface area contributed by atoms with Gasteiger partial charge in [-0.25, -0.2) is 0 Å². The average molecular weight is 228 g/mol. The van der Waals surface area contributed by atoms with E-state index in [0.717, 1.165) is 0 Å². The summed E-state index contributed by atoms with van der Waals surface area (Å²) in [4.78, 5) is 20.7. The smallest absolute Gasteiger partial charge is 0.433 e. The lowest BCUT2D eigenvalue weighted by molar-refractivity contribution is -0.402. The lowest BCUT2D eigenvalue weighted by Gasteiger charge is -2.09. The van der Waals surface area contributed by atoms with Crippen LogP contribution >= 0.6 is 0 Å². The van der Waals surface area contributed by atoms with Crippen molar-refractivity contribution in [3.05, 3.63) is 28.0 Å². The number of methoxy groups -OCH3 is 1. The fourth-order valence-electron chi connectivity index (χ4n) is 1.07. The summed E-state index contributed by atoms with van der Waals surface area (Å²) in [5.74, 6) is -0.328.